The lowest BCUT2D eigenvalue weighted by Gasteiger charge is -2.19. The third-order valence-corrected chi connectivity index (χ3v) is 6.20. The topological polar surface area (TPSA) is 81.4 Å². The van der Waals surface area contributed by atoms with Crippen molar-refractivity contribution in [2.45, 2.75) is 51.7 Å². The number of nitrogens with one attached hydrogen (secondary N) is 1. The molecule has 0 bridgehead atoms. The Morgan fingerprint density at radius 2 is 1.76 bits per heavy atom. The lowest BCUT2D eigenvalue weighted by atomic mass is 9.87. The zero-order valence-corrected chi connectivity index (χ0v) is 20.9. The smallest absolute Gasteiger partial charge is 0.250 e. The minimum atomic E-state index is -0.199. The van der Waals surface area contributed by atoms with Crippen molar-refractivity contribution in [2.24, 2.45) is 5.10 Å². The van der Waals surface area contributed by atoms with Crippen LogP contribution in [0.2, 0.25) is 0 Å². The number of hydrazone groups is 1. The van der Waals surface area contributed by atoms with E-state index in [0.717, 1.165) is 22.7 Å². The van der Waals surface area contributed by atoms with Gasteiger partial charge in [-0.25, -0.2) is 5.43 Å². The number of aromatic nitrogens is 3. The Morgan fingerprint density at radius 1 is 1.09 bits per heavy atom. The van der Waals surface area contributed by atoms with Crippen LogP contribution in [-0.2, 0) is 16.8 Å². The fourth-order valence-corrected chi connectivity index (χ4v) is 4.01. The maximum atomic E-state index is 12.3. The van der Waals surface area contributed by atoms with Gasteiger partial charge >= 0.3 is 0 Å². The molecule has 0 atom stereocenters. The van der Waals surface area contributed by atoms with Crippen LogP contribution in [0, 0.1) is 0 Å². The molecule has 0 aliphatic rings. The molecule has 0 saturated heterocycles. The van der Waals surface area contributed by atoms with Gasteiger partial charge in [0.25, 0.3) is 5.91 Å². The fourth-order valence-electron chi connectivity index (χ4n) is 3.22. The number of hydrogen-bond acceptors (Lipinski definition) is 6. The summed E-state index contributed by atoms with van der Waals surface area (Å²) in [5, 5.41) is 13.6. The van der Waals surface area contributed by atoms with Crippen LogP contribution in [0.3, 0.4) is 0 Å². The average molecular weight is 466 g/mol. The number of benzene rings is 2. The van der Waals surface area contributed by atoms with Gasteiger partial charge in [-0.2, -0.15) is 5.10 Å². The summed E-state index contributed by atoms with van der Waals surface area (Å²) >= 11 is 1.35. The van der Waals surface area contributed by atoms with E-state index < -0.39 is 0 Å². The van der Waals surface area contributed by atoms with Crippen LogP contribution in [0.1, 0.15) is 45.7 Å². The van der Waals surface area contributed by atoms with Gasteiger partial charge in [-0.3, -0.25) is 4.79 Å². The first-order chi connectivity index (χ1) is 15.7. The van der Waals surface area contributed by atoms with Crippen LogP contribution >= 0.6 is 11.8 Å². The molecule has 0 radical (unpaired) electrons. The average Bonchev–Trinajstić information content (AvgIpc) is 3.23. The number of methoxy groups -OCH3 is 1. The highest BCUT2D eigenvalue weighted by Gasteiger charge is 2.17. The molecular weight excluding hydrogens is 434 g/mol. The minimum Gasteiger partial charge on any atom is -0.497 e. The van der Waals surface area contributed by atoms with E-state index in [0.29, 0.717) is 17.4 Å². The maximum Gasteiger partial charge on any atom is 0.250 e. The van der Waals surface area contributed by atoms with E-state index in [4.69, 9.17) is 4.74 Å². The van der Waals surface area contributed by atoms with E-state index >= 15 is 0 Å². The van der Waals surface area contributed by atoms with Crippen molar-refractivity contribution in [1.29, 1.82) is 0 Å². The lowest BCUT2D eigenvalue weighted by Crippen LogP contribution is -2.21. The minimum absolute atomic E-state index is 0.0968. The van der Waals surface area contributed by atoms with Crippen molar-refractivity contribution in [3.8, 4) is 17.1 Å². The van der Waals surface area contributed by atoms with Gasteiger partial charge in [0.1, 0.15) is 5.75 Å². The summed E-state index contributed by atoms with van der Waals surface area (Å²) in [5.74, 6) is 1.57. The molecule has 3 aromatic rings. The van der Waals surface area contributed by atoms with Crippen LogP contribution in [0.4, 0.5) is 0 Å². The predicted octanol–water partition coefficient (Wildman–Crippen LogP) is 4.90. The molecule has 0 fully saturated rings. The van der Waals surface area contributed by atoms with Crippen molar-refractivity contribution >= 4 is 23.4 Å². The van der Waals surface area contributed by atoms with Gasteiger partial charge in [-0.15, -0.1) is 10.2 Å². The predicted molar refractivity (Wildman–Crippen MR) is 134 cm³/mol. The Balaban J connectivity index is 1.63. The highest BCUT2D eigenvalue weighted by atomic mass is 32.2. The molecule has 33 heavy (non-hydrogen) atoms. The molecule has 7 nitrogen and oxygen atoms in total. The molecule has 1 heterocycles. The van der Waals surface area contributed by atoms with Gasteiger partial charge in [-0.1, -0.05) is 56.8 Å². The Labute approximate surface area is 199 Å². The highest BCUT2D eigenvalue weighted by molar-refractivity contribution is 7.99. The molecule has 0 aliphatic carbocycles. The van der Waals surface area contributed by atoms with Crippen molar-refractivity contribution in [2.75, 3.05) is 12.9 Å². The van der Waals surface area contributed by atoms with Gasteiger partial charge in [0.15, 0.2) is 11.0 Å². The highest BCUT2D eigenvalue weighted by Crippen LogP contribution is 2.27. The van der Waals surface area contributed by atoms with Crippen LogP contribution in [-0.4, -0.2) is 39.2 Å². The summed E-state index contributed by atoms with van der Waals surface area (Å²) in [5.41, 5.74) is 6.62. The largest absolute Gasteiger partial charge is 0.497 e. The van der Waals surface area contributed by atoms with Crippen LogP contribution in [0.5, 0.6) is 5.75 Å². The molecule has 0 saturated carbocycles. The SMILES string of the molecule is CCn1c(SCC(=O)N/N=C(/C)c2ccc(OC)cc2)nnc1-c1ccc(C(C)(C)C)cc1. The number of ether oxygens (including phenoxy) is 1. The van der Waals surface area contributed by atoms with Gasteiger partial charge in [-0.05, 0) is 54.7 Å². The quantitative estimate of drug-likeness (QED) is 0.291. The van der Waals surface area contributed by atoms with E-state index in [1.807, 2.05) is 42.7 Å². The van der Waals surface area contributed by atoms with Crippen molar-refractivity contribution in [1.82, 2.24) is 20.2 Å². The molecule has 8 heteroatoms. The molecule has 2 aromatic carbocycles. The number of carbonyl (C=O) groups excluding carboxylic acids is 1. The third kappa shape index (κ3) is 6.22. The van der Waals surface area contributed by atoms with E-state index in [9.17, 15) is 4.79 Å². The lowest BCUT2D eigenvalue weighted by molar-refractivity contribution is -0.118. The second-order valence-electron chi connectivity index (χ2n) is 8.63. The van der Waals surface area contributed by atoms with Gasteiger partial charge in [0.05, 0.1) is 18.6 Å². The summed E-state index contributed by atoms with van der Waals surface area (Å²) < 4.78 is 7.19. The number of amides is 1. The van der Waals surface area contributed by atoms with Crippen LogP contribution < -0.4 is 10.2 Å². The molecular formula is C25H31N5O2S. The first kappa shape index (κ1) is 24.5. The summed E-state index contributed by atoms with van der Waals surface area (Å²) in [4.78, 5) is 12.3. The Bertz CT molecular complexity index is 1110. The Hall–Kier alpha value is -3.13. The molecule has 1 amide bonds. The number of hydrogen-bond donors (Lipinski definition) is 1. The second kappa shape index (κ2) is 10.7. The number of carbonyl (C=O) groups is 1. The van der Waals surface area contributed by atoms with Gasteiger partial charge in [0, 0.05) is 12.1 Å². The molecule has 3 rings (SSSR count). The summed E-state index contributed by atoms with van der Waals surface area (Å²) in [6.07, 6.45) is 0. The van der Waals surface area contributed by atoms with E-state index in [-0.39, 0.29) is 17.1 Å². The Morgan fingerprint density at radius 3 is 2.33 bits per heavy atom. The summed E-state index contributed by atoms with van der Waals surface area (Å²) in [6.45, 7) is 11.2. The second-order valence-corrected chi connectivity index (χ2v) is 9.57. The summed E-state index contributed by atoms with van der Waals surface area (Å²) in [6, 6.07) is 15.9. The van der Waals surface area contributed by atoms with E-state index in [1.54, 1.807) is 7.11 Å². The fraction of sp³-hybridized carbons (Fsp3) is 0.360. The molecule has 1 aromatic heterocycles. The van der Waals surface area contributed by atoms with Gasteiger partial charge in [0.2, 0.25) is 0 Å². The zero-order valence-electron chi connectivity index (χ0n) is 20.0. The molecule has 0 aliphatic heterocycles. The molecule has 174 valence electrons. The monoisotopic (exact) mass is 465 g/mol. The third-order valence-electron chi connectivity index (χ3n) is 5.23. The van der Waals surface area contributed by atoms with Crippen LogP contribution in [0.15, 0.2) is 58.8 Å². The Kier molecular flexibility index (Phi) is 7.92. The van der Waals surface area contributed by atoms with Crippen molar-refractivity contribution < 1.29 is 9.53 Å². The first-order valence-corrected chi connectivity index (χ1v) is 11.9. The number of rotatable bonds is 8. The van der Waals surface area contributed by atoms with Crippen LogP contribution in [0.25, 0.3) is 11.4 Å². The summed E-state index contributed by atoms with van der Waals surface area (Å²) in [7, 11) is 1.62. The van der Waals surface area contributed by atoms with E-state index in [1.165, 1.54) is 17.3 Å². The molecule has 0 unspecified atom stereocenters. The number of thioether (sulfide) groups is 1. The first-order valence-electron chi connectivity index (χ1n) is 10.9. The maximum absolute atomic E-state index is 12.3. The van der Waals surface area contributed by atoms with Gasteiger partial charge < -0.3 is 9.30 Å². The van der Waals surface area contributed by atoms with Crippen molar-refractivity contribution in [3.05, 3.63) is 59.7 Å². The van der Waals surface area contributed by atoms with E-state index in [2.05, 4.69) is 65.8 Å². The van der Waals surface area contributed by atoms with Crippen molar-refractivity contribution in [3.63, 3.8) is 0 Å². The standard InChI is InChI=1S/C25H31N5O2S/c1-7-30-23(19-8-12-20(13-9-19)25(3,4)5)28-29-24(30)33-16-22(31)27-26-17(2)18-10-14-21(32-6)15-11-18/h8-15H,7,16H2,1-6H3,(H,27,31)/b26-17-. The molecule has 0 spiro atoms. The normalized spacial score (nSPS) is 12.0. The zero-order chi connectivity index (χ0) is 24.0. The number of nitrogens with zero attached hydrogens (tertiary/aromatic N) is 4. The molecule has 1 N–H and O–H groups in total.